The summed E-state index contributed by atoms with van der Waals surface area (Å²) in [5, 5.41) is 25.0. The van der Waals surface area contributed by atoms with E-state index in [0.717, 1.165) is 5.69 Å². The van der Waals surface area contributed by atoms with E-state index in [1.807, 2.05) is 6.92 Å². The number of aliphatic carboxylic acids is 1. The van der Waals surface area contributed by atoms with E-state index in [1.54, 1.807) is 4.68 Å². The van der Waals surface area contributed by atoms with Gasteiger partial charge in [0.25, 0.3) is 0 Å². The number of aliphatic hydroxyl groups is 1. The van der Waals surface area contributed by atoms with Gasteiger partial charge in [-0.3, -0.25) is 4.79 Å². The summed E-state index contributed by atoms with van der Waals surface area (Å²) in [6, 6.07) is 0. The highest BCUT2D eigenvalue weighted by atomic mass is 16.5. The molecule has 0 radical (unpaired) electrons. The van der Waals surface area contributed by atoms with E-state index >= 15 is 0 Å². The van der Waals surface area contributed by atoms with Crippen LogP contribution in [0.3, 0.4) is 0 Å². The molecule has 0 saturated carbocycles. The van der Waals surface area contributed by atoms with E-state index < -0.39 is 5.97 Å². The number of hydrogen-bond donors (Lipinski definition) is 2. The van der Waals surface area contributed by atoms with Crippen LogP contribution in [-0.2, 0) is 28.9 Å². The first-order valence-electron chi connectivity index (χ1n) is 5.50. The maximum atomic E-state index is 10.6. The molecule has 1 aromatic heterocycles. The summed E-state index contributed by atoms with van der Waals surface area (Å²) in [5.41, 5.74) is 1.32. The average molecular weight is 243 g/mol. The Labute approximate surface area is 99.0 Å². The largest absolute Gasteiger partial charge is 0.481 e. The Morgan fingerprint density at radius 3 is 2.82 bits per heavy atom. The molecule has 0 unspecified atom stereocenters. The predicted octanol–water partition coefficient (Wildman–Crippen LogP) is -0.523. The van der Waals surface area contributed by atoms with Crippen LogP contribution in [0.5, 0.6) is 0 Å². The molecule has 2 N–H and O–H groups in total. The molecule has 0 atom stereocenters. The number of carboxylic acids is 1. The summed E-state index contributed by atoms with van der Waals surface area (Å²) < 4.78 is 6.77. The molecule has 1 aromatic rings. The number of aromatic nitrogens is 3. The van der Waals surface area contributed by atoms with Crippen LogP contribution in [0.1, 0.15) is 18.3 Å². The molecule has 0 bridgehead atoms. The SMILES string of the molecule is CCc1c(CC(=O)O)nnn1CCOCCO. The summed E-state index contributed by atoms with van der Waals surface area (Å²) in [7, 11) is 0. The molecule has 0 amide bonds. The van der Waals surface area contributed by atoms with Crippen LogP contribution in [0.15, 0.2) is 0 Å². The minimum atomic E-state index is -0.914. The molecule has 1 rings (SSSR count). The van der Waals surface area contributed by atoms with Crippen molar-refractivity contribution in [2.45, 2.75) is 26.3 Å². The molecule has 17 heavy (non-hydrogen) atoms. The Morgan fingerprint density at radius 1 is 1.47 bits per heavy atom. The number of nitrogens with zero attached hydrogens (tertiary/aromatic N) is 3. The van der Waals surface area contributed by atoms with Gasteiger partial charge < -0.3 is 14.9 Å². The van der Waals surface area contributed by atoms with Gasteiger partial charge in [-0.25, -0.2) is 4.68 Å². The van der Waals surface area contributed by atoms with Crippen molar-refractivity contribution in [3.8, 4) is 0 Å². The van der Waals surface area contributed by atoms with Gasteiger partial charge in [0.2, 0.25) is 0 Å². The van der Waals surface area contributed by atoms with Crippen LogP contribution >= 0.6 is 0 Å². The number of aliphatic hydroxyl groups excluding tert-OH is 1. The standard InChI is InChI=1S/C10H17N3O4/c1-2-9-8(7-10(15)16)11-12-13(9)3-5-17-6-4-14/h14H,2-7H2,1H3,(H,15,16). The van der Waals surface area contributed by atoms with Crippen LogP contribution < -0.4 is 0 Å². The van der Waals surface area contributed by atoms with Crippen molar-refractivity contribution in [2.24, 2.45) is 0 Å². The van der Waals surface area contributed by atoms with Crippen molar-refractivity contribution in [1.29, 1.82) is 0 Å². The summed E-state index contributed by atoms with van der Waals surface area (Å²) in [6.45, 7) is 3.13. The zero-order chi connectivity index (χ0) is 12.7. The van der Waals surface area contributed by atoms with Gasteiger partial charge in [-0.15, -0.1) is 5.10 Å². The number of rotatable bonds is 8. The number of hydrogen-bond acceptors (Lipinski definition) is 5. The predicted molar refractivity (Wildman–Crippen MR) is 58.6 cm³/mol. The molecule has 0 aromatic carbocycles. The third kappa shape index (κ3) is 4.12. The van der Waals surface area contributed by atoms with Crippen molar-refractivity contribution in [3.63, 3.8) is 0 Å². The number of carboxylic acid groups (broad SMARTS) is 1. The summed E-state index contributed by atoms with van der Waals surface area (Å²) in [6.07, 6.45) is 0.566. The van der Waals surface area contributed by atoms with E-state index in [9.17, 15) is 4.79 Å². The van der Waals surface area contributed by atoms with Crippen LogP contribution in [0.4, 0.5) is 0 Å². The zero-order valence-corrected chi connectivity index (χ0v) is 9.80. The lowest BCUT2D eigenvalue weighted by atomic mass is 10.2. The Balaban J connectivity index is 2.59. The van der Waals surface area contributed by atoms with Crippen LogP contribution in [0, 0.1) is 0 Å². The molecular weight excluding hydrogens is 226 g/mol. The first-order valence-corrected chi connectivity index (χ1v) is 5.50. The zero-order valence-electron chi connectivity index (χ0n) is 9.80. The van der Waals surface area contributed by atoms with Crippen molar-refractivity contribution < 1.29 is 19.7 Å². The second-order valence-corrected chi connectivity index (χ2v) is 3.47. The Kier molecular flexibility index (Phi) is 5.58. The topological polar surface area (TPSA) is 97.5 Å². The highest BCUT2D eigenvalue weighted by molar-refractivity contribution is 5.69. The van der Waals surface area contributed by atoms with Gasteiger partial charge in [0.05, 0.1) is 44.2 Å². The molecule has 7 nitrogen and oxygen atoms in total. The van der Waals surface area contributed by atoms with Gasteiger partial charge in [-0.05, 0) is 6.42 Å². The van der Waals surface area contributed by atoms with E-state index in [4.69, 9.17) is 14.9 Å². The maximum Gasteiger partial charge on any atom is 0.309 e. The van der Waals surface area contributed by atoms with Crippen LogP contribution in [0.25, 0.3) is 0 Å². The fourth-order valence-electron chi connectivity index (χ4n) is 1.53. The molecule has 7 heteroatoms. The highest BCUT2D eigenvalue weighted by Gasteiger charge is 2.13. The molecule has 0 aliphatic heterocycles. The first-order chi connectivity index (χ1) is 8.19. The molecular formula is C10H17N3O4. The minimum absolute atomic E-state index is 0.0117. The quantitative estimate of drug-likeness (QED) is 0.596. The molecule has 0 spiro atoms. The first kappa shape index (κ1) is 13.6. The summed E-state index contributed by atoms with van der Waals surface area (Å²) in [5.74, 6) is -0.914. The minimum Gasteiger partial charge on any atom is -0.481 e. The molecule has 0 saturated heterocycles. The third-order valence-corrected chi connectivity index (χ3v) is 2.25. The number of ether oxygens (including phenoxy) is 1. The molecule has 0 aliphatic carbocycles. The normalized spacial score (nSPS) is 10.7. The van der Waals surface area contributed by atoms with Crippen LogP contribution in [0.2, 0.25) is 0 Å². The van der Waals surface area contributed by atoms with Gasteiger partial charge in [-0.1, -0.05) is 12.1 Å². The lowest BCUT2D eigenvalue weighted by Gasteiger charge is -2.05. The van der Waals surface area contributed by atoms with Gasteiger partial charge in [0, 0.05) is 0 Å². The van der Waals surface area contributed by atoms with Crippen molar-refractivity contribution in [3.05, 3.63) is 11.4 Å². The van der Waals surface area contributed by atoms with Gasteiger partial charge in [0.1, 0.15) is 0 Å². The highest BCUT2D eigenvalue weighted by Crippen LogP contribution is 2.07. The van der Waals surface area contributed by atoms with Gasteiger partial charge in [0.15, 0.2) is 0 Å². The lowest BCUT2D eigenvalue weighted by Crippen LogP contribution is -2.12. The molecule has 0 fully saturated rings. The Morgan fingerprint density at radius 2 is 2.24 bits per heavy atom. The van der Waals surface area contributed by atoms with Crippen LogP contribution in [-0.4, -0.2) is 51.0 Å². The van der Waals surface area contributed by atoms with E-state index in [-0.39, 0.29) is 19.6 Å². The lowest BCUT2D eigenvalue weighted by molar-refractivity contribution is -0.136. The number of carbonyl (C=O) groups is 1. The summed E-state index contributed by atoms with van der Waals surface area (Å²) >= 11 is 0. The van der Waals surface area contributed by atoms with Crippen molar-refractivity contribution in [2.75, 3.05) is 19.8 Å². The third-order valence-electron chi connectivity index (χ3n) is 2.25. The van der Waals surface area contributed by atoms with Gasteiger partial charge in [-0.2, -0.15) is 0 Å². The molecule has 0 aliphatic rings. The molecule has 1 heterocycles. The van der Waals surface area contributed by atoms with E-state index in [1.165, 1.54) is 0 Å². The van der Waals surface area contributed by atoms with E-state index in [0.29, 0.717) is 25.3 Å². The fraction of sp³-hybridized carbons (Fsp3) is 0.700. The summed E-state index contributed by atoms with van der Waals surface area (Å²) in [4.78, 5) is 10.6. The van der Waals surface area contributed by atoms with Crippen molar-refractivity contribution >= 4 is 5.97 Å². The van der Waals surface area contributed by atoms with E-state index in [2.05, 4.69) is 10.3 Å². The maximum absolute atomic E-state index is 10.6. The fourth-order valence-corrected chi connectivity index (χ4v) is 1.53. The Bertz CT molecular complexity index is 364. The second-order valence-electron chi connectivity index (χ2n) is 3.47. The average Bonchev–Trinajstić information content (AvgIpc) is 2.66. The van der Waals surface area contributed by atoms with Gasteiger partial charge >= 0.3 is 5.97 Å². The van der Waals surface area contributed by atoms with Crippen molar-refractivity contribution in [1.82, 2.24) is 15.0 Å². The Hall–Kier alpha value is -1.47. The second kappa shape index (κ2) is 6.97. The molecule has 96 valence electrons. The monoisotopic (exact) mass is 243 g/mol. The smallest absolute Gasteiger partial charge is 0.309 e.